The molecule has 5 nitrogen and oxygen atoms in total. The highest BCUT2D eigenvalue weighted by molar-refractivity contribution is 5.92. The van der Waals surface area contributed by atoms with Crippen molar-refractivity contribution in [1.29, 1.82) is 0 Å². The minimum Gasteiger partial charge on any atom is -0.455 e. The molecule has 142 valence electrons. The molecule has 0 saturated carbocycles. The van der Waals surface area contributed by atoms with E-state index in [0.29, 0.717) is 17.9 Å². The Morgan fingerprint density at radius 3 is 2.38 bits per heavy atom. The largest absolute Gasteiger partial charge is 0.455 e. The first-order valence-electron chi connectivity index (χ1n) is 8.36. The van der Waals surface area contributed by atoms with Gasteiger partial charge in [0, 0.05) is 39.1 Å². The number of carbonyl (C=O) groups is 1. The van der Waals surface area contributed by atoms with E-state index >= 15 is 0 Å². The predicted octanol–water partition coefficient (Wildman–Crippen LogP) is 3.56. The number of halogens is 2. The minimum atomic E-state index is 0. The van der Waals surface area contributed by atoms with Crippen LogP contribution in [0.5, 0.6) is 11.5 Å². The average molecular weight is 398 g/mol. The van der Waals surface area contributed by atoms with Crippen LogP contribution in [0.25, 0.3) is 0 Å². The van der Waals surface area contributed by atoms with Gasteiger partial charge in [-0.3, -0.25) is 4.79 Å². The van der Waals surface area contributed by atoms with Crippen molar-refractivity contribution in [3.8, 4) is 11.5 Å². The second-order valence-corrected chi connectivity index (χ2v) is 5.80. The molecule has 0 spiro atoms. The Morgan fingerprint density at radius 2 is 1.65 bits per heavy atom. The minimum absolute atomic E-state index is 0. The molecule has 1 aliphatic heterocycles. The van der Waals surface area contributed by atoms with Gasteiger partial charge >= 0.3 is 0 Å². The van der Waals surface area contributed by atoms with Crippen molar-refractivity contribution in [2.45, 2.75) is 6.42 Å². The Labute approximate surface area is 166 Å². The van der Waals surface area contributed by atoms with Crippen molar-refractivity contribution in [3.05, 3.63) is 54.6 Å². The smallest absolute Gasteiger partial charge is 0.225 e. The number of para-hydroxylation sites is 3. The lowest BCUT2D eigenvalue weighted by Crippen LogP contribution is -2.44. The van der Waals surface area contributed by atoms with Crippen molar-refractivity contribution in [2.24, 2.45) is 0 Å². The molecule has 0 atom stereocenters. The number of anilines is 1. The van der Waals surface area contributed by atoms with Crippen LogP contribution < -0.4 is 15.4 Å². The second-order valence-electron chi connectivity index (χ2n) is 5.80. The zero-order valence-corrected chi connectivity index (χ0v) is 16.2. The van der Waals surface area contributed by atoms with E-state index in [-0.39, 0.29) is 30.7 Å². The van der Waals surface area contributed by atoms with Gasteiger partial charge in [0.1, 0.15) is 5.75 Å². The van der Waals surface area contributed by atoms with E-state index in [9.17, 15) is 4.79 Å². The molecule has 0 unspecified atom stereocenters. The first-order chi connectivity index (χ1) is 11.8. The lowest BCUT2D eigenvalue weighted by molar-refractivity contribution is -0.116. The number of carbonyl (C=O) groups excluding carboxylic acids is 1. The highest BCUT2D eigenvalue weighted by Crippen LogP contribution is 2.29. The van der Waals surface area contributed by atoms with Gasteiger partial charge in [-0.1, -0.05) is 30.3 Å². The Hall–Kier alpha value is -1.79. The molecule has 1 heterocycles. The molecule has 2 N–H and O–H groups in total. The number of hydrogen-bond donors (Lipinski definition) is 2. The molecule has 2 aromatic carbocycles. The lowest BCUT2D eigenvalue weighted by atomic mass is 10.2. The van der Waals surface area contributed by atoms with Crippen LogP contribution in [0, 0.1) is 0 Å². The summed E-state index contributed by atoms with van der Waals surface area (Å²) in [5.41, 5.74) is 0.701. The first-order valence-corrected chi connectivity index (χ1v) is 8.36. The Bertz CT molecular complexity index is 665. The Morgan fingerprint density at radius 1 is 1.00 bits per heavy atom. The predicted molar refractivity (Wildman–Crippen MR) is 110 cm³/mol. The van der Waals surface area contributed by atoms with E-state index in [4.69, 9.17) is 4.74 Å². The van der Waals surface area contributed by atoms with Gasteiger partial charge in [-0.05, 0) is 24.3 Å². The van der Waals surface area contributed by atoms with E-state index in [1.165, 1.54) is 0 Å². The highest BCUT2D eigenvalue weighted by Gasteiger charge is 2.13. The van der Waals surface area contributed by atoms with E-state index in [0.717, 1.165) is 38.5 Å². The monoisotopic (exact) mass is 397 g/mol. The fourth-order valence-electron chi connectivity index (χ4n) is 2.68. The number of benzene rings is 2. The zero-order chi connectivity index (χ0) is 16.6. The second kappa shape index (κ2) is 11.8. The maximum Gasteiger partial charge on any atom is 0.225 e. The molecule has 1 saturated heterocycles. The summed E-state index contributed by atoms with van der Waals surface area (Å²) in [6.07, 6.45) is 0.486. The van der Waals surface area contributed by atoms with Crippen LogP contribution in [0.4, 0.5) is 5.69 Å². The third-order valence-corrected chi connectivity index (χ3v) is 4.00. The molecule has 0 radical (unpaired) electrons. The van der Waals surface area contributed by atoms with Gasteiger partial charge in [0.05, 0.1) is 5.69 Å². The van der Waals surface area contributed by atoms with Crippen molar-refractivity contribution < 1.29 is 9.53 Å². The van der Waals surface area contributed by atoms with Crippen LogP contribution in [0.1, 0.15) is 6.42 Å². The summed E-state index contributed by atoms with van der Waals surface area (Å²) in [5.74, 6) is 1.41. The summed E-state index contributed by atoms with van der Waals surface area (Å²) in [6.45, 7) is 4.78. The van der Waals surface area contributed by atoms with E-state index in [2.05, 4.69) is 15.5 Å². The van der Waals surface area contributed by atoms with E-state index in [1.807, 2.05) is 54.6 Å². The maximum atomic E-state index is 12.3. The number of nitrogens with zero attached hydrogens (tertiary/aromatic N) is 1. The number of nitrogens with one attached hydrogen (secondary N) is 2. The zero-order valence-electron chi connectivity index (χ0n) is 14.5. The van der Waals surface area contributed by atoms with Crippen LogP contribution in [0.15, 0.2) is 54.6 Å². The SMILES string of the molecule is Cl.Cl.O=C(CCN1CCNCC1)Nc1ccccc1Oc1ccccc1. The standard InChI is InChI=1S/C19H23N3O2.2ClH/c23-19(10-13-22-14-11-20-12-15-22)21-17-8-4-5-9-18(17)24-16-6-2-1-3-7-16;;/h1-9,20H,10-15H2,(H,21,23);2*1H. The summed E-state index contributed by atoms with van der Waals surface area (Å²) in [7, 11) is 0. The topological polar surface area (TPSA) is 53.6 Å². The summed E-state index contributed by atoms with van der Waals surface area (Å²) in [5, 5.41) is 6.28. The molecule has 26 heavy (non-hydrogen) atoms. The van der Waals surface area contributed by atoms with Crippen LogP contribution in [-0.2, 0) is 4.79 Å². The van der Waals surface area contributed by atoms with Crippen LogP contribution >= 0.6 is 24.8 Å². The molecule has 0 bridgehead atoms. The highest BCUT2D eigenvalue weighted by atomic mass is 35.5. The molecular formula is C19H25Cl2N3O2. The Balaban J connectivity index is 0.00000169. The normalized spacial score (nSPS) is 13.8. The maximum absolute atomic E-state index is 12.3. The number of piperazine rings is 1. The number of ether oxygens (including phenoxy) is 1. The number of rotatable bonds is 6. The fraction of sp³-hybridized carbons (Fsp3) is 0.316. The van der Waals surface area contributed by atoms with Crippen molar-refractivity contribution in [2.75, 3.05) is 38.0 Å². The summed E-state index contributed by atoms with van der Waals surface area (Å²) >= 11 is 0. The molecule has 1 amide bonds. The number of hydrogen-bond acceptors (Lipinski definition) is 4. The summed E-state index contributed by atoms with van der Waals surface area (Å²) < 4.78 is 5.87. The number of amides is 1. The molecule has 1 fully saturated rings. The van der Waals surface area contributed by atoms with Gasteiger partial charge in [-0.2, -0.15) is 0 Å². The van der Waals surface area contributed by atoms with Crippen molar-refractivity contribution >= 4 is 36.4 Å². The molecule has 3 rings (SSSR count). The third-order valence-electron chi connectivity index (χ3n) is 4.00. The van der Waals surface area contributed by atoms with Crippen LogP contribution in [0.2, 0.25) is 0 Å². The molecule has 0 aliphatic carbocycles. The van der Waals surface area contributed by atoms with Crippen molar-refractivity contribution in [1.82, 2.24) is 10.2 Å². The van der Waals surface area contributed by atoms with Crippen LogP contribution in [0.3, 0.4) is 0 Å². The van der Waals surface area contributed by atoms with Gasteiger partial charge in [0.25, 0.3) is 0 Å². The first kappa shape index (κ1) is 22.3. The quantitative estimate of drug-likeness (QED) is 0.782. The lowest BCUT2D eigenvalue weighted by Gasteiger charge is -2.26. The van der Waals surface area contributed by atoms with Crippen LogP contribution in [-0.4, -0.2) is 43.5 Å². The van der Waals surface area contributed by atoms with E-state index in [1.54, 1.807) is 0 Å². The summed E-state index contributed by atoms with van der Waals surface area (Å²) in [4.78, 5) is 14.6. The molecule has 0 aromatic heterocycles. The average Bonchev–Trinajstić information content (AvgIpc) is 2.63. The van der Waals surface area contributed by atoms with Gasteiger partial charge < -0.3 is 20.3 Å². The third kappa shape index (κ3) is 6.84. The Kier molecular flexibility index (Phi) is 10.1. The molecular weight excluding hydrogens is 373 g/mol. The van der Waals surface area contributed by atoms with Crippen molar-refractivity contribution in [3.63, 3.8) is 0 Å². The van der Waals surface area contributed by atoms with Gasteiger partial charge in [-0.25, -0.2) is 0 Å². The molecule has 7 heteroatoms. The van der Waals surface area contributed by atoms with Gasteiger partial charge in [-0.15, -0.1) is 24.8 Å². The molecule has 2 aromatic rings. The fourth-order valence-corrected chi connectivity index (χ4v) is 2.68. The van der Waals surface area contributed by atoms with Gasteiger partial charge in [0.15, 0.2) is 5.75 Å². The molecule has 1 aliphatic rings. The summed E-state index contributed by atoms with van der Waals surface area (Å²) in [6, 6.07) is 17.1. The van der Waals surface area contributed by atoms with E-state index < -0.39 is 0 Å². The van der Waals surface area contributed by atoms with Gasteiger partial charge in [0.2, 0.25) is 5.91 Å².